The Bertz CT molecular complexity index is 647. The first-order valence-electron chi connectivity index (χ1n) is 7.16. The van der Waals surface area contributed by atoms with E-state index in [1.165, 1.54) is 42.5 Å². The van der Waals surface area contributed by atoms with E-state index in [9.17, 15) is 5.11 Å². The summed E-state index contributed by atoms with van der Waals surface area (Å²) in [5.74, 6) is 0.246. The molecule has 0 saturated carbocycles. The van der Waals surface area contributed by atoms with E-state index in [0.29, 0.717) is 8.95 Å². The molecule has 0 amide bonds. The molecule has 0 saturated heterocycles. The Morgan fingerprint density at radius 1 is 1.05 bits per heavy atom. The minimum Gasteiger partial charge on any atom is -0.506 e. The summed E-state index contributed by atoms with van der Waals surface area (Å²) in [4.78, 5) is 0. The van der Waals surface area contributed by atoms with Crippen LogP contribution in [0.3, 0.4) is 0 Å². The topological polar surface area (TPSA) is 32.3 Å². The lowest BCUT2D eigenvalue weighted by molar-refractivity contribution is 0.468. The van der Waals surface area contributed by atoms with Crippen molar-refractivity contribution in [2.24, 2.45) is 0 Å². The number of rotatable bonds is 3. The zero-order chi connectivity index (χ0) is 14.8. The molecule has 0 unspecified atom stereocenters. The van der Waals surface area contributed by atoms with Crippen LogP contribution in [0.5, 0.6) is 5.75 Å². The number of fused-ring (bicyclic) bond motifs is 1. The second kappa shape index (κ2) is 6.41. The summed E-state index contributed by atoms with van der Waals surface area (Å²) in [5.41, 5.74) is 5.33. The number of hydrogen-bond acceptors (Lipinski definition) is 2. The number of anilines is 1. The Hall–Kier alpha value is -1.00. The van der Waals surface area contributed by atoms with Gasteiger partial charge in [0.1, 0.15) is 5.75 Å². The number of aromatic hydroxyl groups is 1. The highest BCUT2D eigenvalue weighted by atomic mass is 79.9. The van der Waals surface area contributed by atoms with Crippen molar-refractivity contribution in [3.8, 4) is 5.75 Å². The highest BCUT2D eigenvalue weighted by Crippen LogP contribution is 2.34. The fourth-order valence-electron chi connectivity index (χ4n) is 2.86. The summed E-state index contributed by atoms with van der Waals surface area (Å²) >= 11 is 6.75. The van der Waals surface area contributed by atoms with Crippen molar-refractivity contribution in [1.82, 2.24) is 0 Å². The van der Waals surface area contributed by atoms with Gasteiger partial charge in [0.25, 0.3) is 0 Å². The third-order valence-electron chi connectivity index (χ3n) is 3.96. The molecule has 0 heterocycles. The fourth-order valence-corrected chi connectivity index (χ4v) is 4.15. The minimum absolute atomic E-state index is 0.246. The van der Waals surface area contributed by atoms with E-state index < -0.39 is 0 Å². The Balaban J connectivity index is 1.79. The molecule has 2 aromatic carbocycles. The van der Waals surface area contributed by atoms with Crippen molar-refractivity contribution in [3.05, 3.63) is 56.0 Å². The highest BCUT2D eigenvalue weighted by molar-refractivity contribution is 9.11. The van der Waals surface area contributed by atoms with Crippen molar-refractivity contribution >= 4 is 37.5 Å². The van der Waals surface area contributed by atoms with E-state index in [0.717, 1.165) is 12.1 Å². The molecule has 2 aromatic rings. The Morgan fingerprint density at radius 3 is 2.52 bits per heavy atom. The molecule has 2 N–H and O–H groups in total. The maximum absolute atomic E-state index is 9.76. The smallest absolute Gasteiger partial charge is 0.143 e. The monoisotopic (exact) mass is 409 g/mol. The summed E-state index contributed by atoms with van der Waals surface area (Å²) in [5, 5.41) is 13.3. The van der Waals surface area contributed by atoms with Crippen LogP contribution in [-0.4, -0.2) is 5.11 Å². The summed E-state index contributed by atoms with van der Waals surface area (Å²) in [6.07, 6.45) is 4.94. The second-order valence-corrected chi connectivity index (χ2v) is 7.12. The van der Waals surface area contributed by atoms with Gasteiger partial charge in [0, 0.05) is 12.2 Å². The third-order valence-corrected chi connectivity index (χ3v) is 5.16. The van der Waals surface area contributed by atoms with Gasteiger partial charge in [-0.05, 0) is 92.4 Å². The molecule has 4 heteroatoms. The van der Waals surface area contributed by atoms with Gasteiger partial charge < -0.3 is 10.4 Å². The predicted molar refractivity (Wildman–Crippen MR) is 93.9 cm³/mol. The van der Waals surface area contributed by atoms with Gasteiger partial charge in [0.2, 0.25) is 0 Å². The molecule has 110 valence electrons. The van der Waals surface area contributed by atoms with Crippen LogP contribution in [-0.2, 0) is 19.4 Å². The van der Waals surface area contributed by atoms with Gasteiger partial charge in [-0.1, -0.05) is 12.1 Å². The van der Waals surface area contributed by atoms with Crippen LogP contribution in [0.2, 0.25) is 0 Å². The molecule has 2 nitrogen and oxygen atoms in total. The number of phenolic OH excluding ortho intramolecular Hbond substituents is 1. The first kappa shape index (κ1) is 14.9. The van der Waals surface area contributed by atoms with E-state index in [1.807, 2.05) is 12.1 Å². The number of aryl methyl sites for hydroxylation is 1. The average Bonchev–Trinajstić information content (AvgIpc) is 2.50. The Labute approximate surface area is 141 Å². The molecule has 0 aliphatic heterocycles. The van der Waals surface area contributed by atoms with Crippen molar-refractivity contribution < 1.29 is 5.11 Å². The van der Waals surface area contributed by atoms with Crippen molar-refractivity contribution in [2.45, 2.75) is 32.2 Å². The van der Waals surface area contributed by atoms with E-state index in [1.54, 1.807) is 0 Å². The van der Waals surface area contributed by atoms with E-state index in [4.69, 9.17) is 0 Å². The van der Waals surface area contributed by atoms with Crippen molar-refractivity contribution in [2.75, 3.05) is 5.32 Å². The van der Waals surface area contributed by atoms with E-state index >= 15 is 0 Å². The molecule has 1 aliphatic rings. The van der Waals surface area contributed by atoms with Crippen molar-refractivity contribution in [3.63, 3.8) is 0 Å². The van der Waals surface area contributed by atoms with E-state index in [-0.39, 0.29) is 5.75 Å². The molecular weight excluding hydrogens is 394 g/mol. The van der Waals surface area contributed by atoms with Gasteiger partial charge in [0.05, 0.1) is 8.95 Å². The van der Waals surface area contributed by atoms with Gasteiger partial charge in [-0.3, -0.25) is 0 Å². The van der Waals surface area contributed by atoms with Gasteiger partial charge in [0.15, 0.2) is 0 Å². The first-order chi connectivity index (χ1) is 10.1. The van der Waals surface area contributed by atoms with E-state index in [2.05, 4.69) is 55.4 Å². The largest absolute Gasteiger partial charge is 0.506 e. The van der Waals surface area contributed by atoms with Gasteiger partial charge in [-0.15, -0.1) is 0 Å². The van der Waals surface area contributed by atoms with Crippen LogP contribution < -0.4 is 5.32 Å². The number of benzene rings is 2. The van der Waals surface area contributed by atoms with Gasteiger partial charge in [-0.25, -0.2) is 0 Å². The normalized spacial score (nSPS) is 13.8. The van der Waals surface area contributed by atoms with Gasteiger partial charge in [-0.2, -0.15) is 0 Å². The first-order valence-corrected chi connectivity index (χ1v) is 8.75. The lowest BCUT2D eigenvalue weighted by atomic mass is 9.90. The molecule has 1 aliphatic carbocycles. The van der Waals surface area contributed by atoms with Crippen LogP contribution in [0.1, 0.15) is 29.5 Å². The van der Waals surface area contributed by atoms with Crippen LogP contribution in [0, 0.1) is 0 Å². The minimum atomic E-state index is 0.246. The number of nitrogens with one attached hydrogen (secondary N) is 1. The predicted octanol–water partition coefficient (Wildman–Crippen LogP) is 5.41. The van der Waals surface area contributed by atoms with Crippen LogP contribution in [0.25, 0.3) is 0 Å². The SMILES string of the molecule is Oc1c(Br)cc(CNc2cccc3c2CCCC3)cc1Br. The molecule has 0 atom stereocenters. The van der Waals surface area contributed by atoms with Gasteiger partial charge >= 0.3 is 0 Å². The van der Waals surface area contributed by atoms with Crippen LogP contribution in [0.15, 0.2) is 39.3 Å². The molecule has 0 fully saturated rings. The second-order valence-electron chi connectivity index (χ2n) is 5.41. The van der Waals surface area contributed by atoms with Crippen LogP contribution in [0.4, 0.5) is 5.69 Å². The standard InChI is InChI=1S/C17H17Br2NO/c18-14-8-11(9-15(19)17(14)21)10-20-16-7-3-5-12-4-1-2-6-13(12)16/h3,5,7-9,20-21H,1-2,4,6,10H2. The Kier molecular flexibility index (Phi) is 4.55. The quantitative estimate of drug-likeness (QED) is 0.709. The molecule has 21 heavy (non-hydrogen) atoms. The zero-order valence-electron chi connectivity index (χ0n) is 11.6. The van der Waals surface area contributed by atoms with Crippen molar-refractivity contribution in [1.29, 1.82) is 0 Å². The molecule has 0 bridgehead atoms. The summed E-state index contributed by atoms with van der Waals surface area (Å²) < 4.78 is 1.42. The summed E-state index contributed by atoms with van der Waals surface area (Å²) in [6.45, 7) is 0.744. The fraction of sp³-hybridized carbons (Fsp3) is 0.294. The van der Waals surface area contributed by atoms with Crippen LogP contribution >= 0.6 is 31.9 Å². The molecular formula is C17H17Br2NO. The Morgan fingerprint density at radius 2 is 1.76 bits per heavy atom. The number of hydrogen-bond donors (Lipinski definition) is 2. The molecule has 0 radical (unpaired) electrons. The number of halogens is 2. The highest BCUT2D eigenvalue weighted by Gasteiger charge is 2.13. The number of phenols is 1. The third kappa shape index (κ3) is 3.27. The average molecular weight is 411 g/mol. The molecule has 0 aromatic heterocycles. The maximum Gasteiger partial charge on any atom is 0.143 e. The lowest BCUT2D eigenvalue weighted by Gasteiger charge is -2.20. The summed E-state index contributed by atoms with van der Waals surface area (Å²) in [7, 11) is 0. The maximum atomic E-state index is 9.76. The summed E-state index contributed by atoms with van der Waals surface area (Å²) in [6, 6.07) is 10.4. The molecule has 0 spiro atoms. The molecule has 3 rings (SSSR count). The zero-order valence-corrected chi connectivity index (χ0v) is 14.8. The lowest BCUT2D eigenvalue weighted by Crippen LogP contribution is -2.08.